The number of benzene rings is 1. The van der Waals surface area contributed by atoms with Crippen molar-refractivity contribution in [1.29, 1.82) is 0 Å². The molecule has 1 aromatic rings. The minimum Gasteiger partial charge on any atom is -0.496 e. The molecule has 0 amide bonds. The number of methoxy groups -OCH3 is 2. The zero-order chi connectivity index (χ0) is 12.8. The first-order chi connectivity index (χ1) is 8.10. The Morgan fingerprint density at radius 1 is 1.18 bits per heavy atom. The van der Waals surface area contributed by atoms with E-state index in [4.69, 9.17) is 25.8 Å². The van der Waals surface area contributed by atoms with Gasteiger partial charge in [0.1, 0.15) is 17.2 Å². The molecule has 0 aliphatic rings. The zero-order valence-electron chi connectivity index (χ0n) is 10.0. The lowest BCUT2D eigenvalue weighted by Gasteiger charge is -2.14. The Morgan fingerprint density at radius 3 is 2.06 bits per heavy atom. The van der Waals surface area contributed by atoms with Crippen LogP contribution < -0.4 is 14.2 Å². The van der Waals surface area contributed by atoms with Gasteiger partial charge in [-0.05, 0) is 6.92 Å². The van der Waals surface area contributed by atoms with Crippen molar-refractivity contribution in [3.05, 3.63) is 18.2 Å². The molecule has 0 radical (unpaired) electrons. The smallest absolute Gasteiger partial charge is 0.187 e. The predicted molar refractivity (Wildman–Crippen MR) is 65.4 cm³/mol. The van der Waals surface area contributed by atoms with Crippen LogP contribution in [0.3, 0.4) is 0 Å². The third-order valence-electron chi connectivity index (χ3n) is 2.22. The van der Waals surface area contributed by atoms with Crippen molar-refractivity contribution < 1.29 is 19.0 Å². The van der Waals surface area contributed by atoms with Crippen LogP contribution in [0.25, 0.3) is 0 Å². The van der Waals surface area contributed by atoms with Crippen molar-refractivity contribution >= 4 is 17.4 Å². The van der Waals surface area contributed by atoms with Gasteiger partial charge in [-0.25, -0.2) is 0 Å². The van der Waals surface area contributed by atoms with Crippen molar-refractivity contribution in [3.8, 4) is 17.2 Å². The molecule has 0 heterocycles. The molecular weight excluding hydrogens is 244 g/mol. The molecule has 1 unspecified atom stereocenters. The van der Waals surface area contributed by atoms with E-state index >= 15 is 0 Å². The maximum atomic E-state index is 11.3. The highest BCUT2D eigenvalue weighted by molar-refractivity contribution is 6.28. The first-order valence-corrected chi connectivity index (χ1v) is 5.62. The lowest BCUT2D eigenvalue weighted by Crippen LogP contribution is -2.24. The van der Waals surface area contributed by atoms with Gasteiger partial charge in [0.05, 0.1) is 20.1 Å². The second-order valence-electron chi connectivity index (χ2n) is 3.41. The van der Waals surface area contributed by atoms with Crippen LogP contribution >= 0.6 is 11.6 Å². The molecule has 1 atom stereocenters. The summed E-state index contributed by atoms with van der Waals surface area (Å²) in [4.78, 5) is 11.3. The zero-order valence-corrected chi connectivity index (χ0v) is 10.8. The van der Waals surface area contributed by atoms with Crippen molar-refractivity contribution in [2.24, 2.45) is 0 Å². The number of rotatable bonds is 6. The highest BCUT2D eigenvalue weighted by atomic mass is 35.5. The second kappa shape index (κ2) is 6.35. The third-order valence-corrected chi connectivity index (χ3v) is 2.49. The van der Waals surface area contributed by atoms with Crippen LogP contribution in [0.1, 0.15) is 6.92 Å². The lowest BCUT2D eigenvalue weighted by atomic mass is 10.2. The van der Waals surface area contributed by atoms with Crippen LogP contribution in [-0.4, -0.2) is 32.0 Å². The molecule has 1 rings (SSSR count). The van der Waals surface area contributed by atoms with Gasteiger partial charge < -0.3 is 14.2 Å². The predicted octanol–water partition coefficient (Wildman–Crippen LogP) is 2.28. The van der Waals surface area contributed by atoms with Crippen LogP contribution in [0.15, 0.2) is 18.2 Å². The van der Waals surface area contributed by atoms with E-state index in [1.165, 1.54) is 0 Å². The number of hydrogen-bond donors (Lipinski definition) is 0. The number of ketones is 1. The summed E-state index contributed by atoms with van der Waals surface area (Å²) in [6, 6.07) is 5.09. The van der Waals surface area contributed by atoms with E-state index in [-0.39, 0.29) is 11.7 Å². The lowest BCUT2D eigenvalue weighted by molar-refractivity contribution is -0.122. The fourth-order valence-electron chi connectivity index (χ4n) is 1.23. The maximum absolute atomic E-state index is 11.3. The van der Waals surface area contributed by atoms with Crippen molar-refractivity contribution in [1.82, 2.24) is 0 Å². The number of ether oxygens (including phenoxy) is 3. The first-order valence-electron chi connectivity index (χ1n) is 5.09. The van der Waals surface area contributed by atoms with Crippen molar-refractivity contribution in [2.75, 3.05) is 20.1 Å². The summed E-state index contributed by atoms with van der Waals surface area (Å²) >= 11 is 5.45. The molecule has 0 aromatic heterocycles. The molecule has 5 heteroatoms. The van der Waals surface area contributed by atoms with Crippen LogP contribution in [-0.2, 0) is 4.79 Å². The Morgan fingerprint density at radius 2 is 1.65 bits per heavy atom. The van der Waals surface area contributed by atoms with E-state index in [9.17, 15) is 4.79 Å². The highest BCUT2D eigenvalue weighted by Gasteiger charge is 2.14. The summed E-state index contributed by atoms with van der Waals surface area (Å²) < 4.78 is 15.6. The van der Waals surface area contributed by atoms with Gasteiger partial charge in [-0.3, -0.25) is 4.79 Å². The van der Waals surface area contributed by atoms with E-state index in [1.807, 2.05) is 0 Å². The Kier molecular flexibility index (Phi) is 5.10. The monoisotopic (exact) mass is 258 g/mol. The quantitative estimate of drug-likeness (QED) is 0.735. The van der Waals surface area contributed by atoms with E-state index in [0.29, 0.717) is 17.2 Å². The SMILES string of the molecule is COc1cc(OC)cc(OC(C)C(=O)CCl)c1. The molecule has 1 aromatic carbocycles. The number of Topliss-reactive ketones (excluding diaryl/α,β-unsaturated/α-hetero) is 1. The molecular formula is C12H15ClO4. The Labute approximate surface area is 105 Å². The number of carbonyl (C=O) groups is 1. The van der Waals surface area contributed by atoms with Crippen LogP contribution in [0.4, 0.5) is 0 Å². The molecule has 4 nitrogen and oxygen atoms in total. The average Bonchev–Trinajstić information content (AvgIpc) is 2.36. The third kappa shape index (κ3) is 3.82. The first kappa shape index (κ1) is 13.6. The van der Waals surface area contributed by atoms with Gasteiger partial charge >= 0.3 is 0 Å². The summed E-state index contributed by atoms with van der Waals surface area (Å²) in [5, 5.41) is 0. The molecule has 0 N–H and O–H groups in total. The molecule has 0 aliphatic carbocycles. The minimum atomic E-state index is -0.593. The second-order valence-corrected chi connectivity index (χ2v) is 3.68. The van der Waals surface area contributed by atoms with Gasteiger partial charge in [-0.15, -0.1) is 11.6 Å². The molecule has 17 heavy (non-hydrogen) atoms. The van der Waals surface area contributed by atoms with Gasteiger partial charge in [0.2, 0.25) is 0 Å². The normalized spacial score (nSPS) is 11.8. The Hall–Kier alpha value is -1.42. The van der Waals surface area contributed by atoms with E-state index in [1.54, 1.807) is 39.3 Å². The summed E-state index contributed by atoms with van der Waals surface area (Å²) in [6.07, 6.45) is -0.593. The fourth-order valence-corrected chi connectivity index (χ4v) is 1.45. The van der Waals surface area contributed by atoms with Gasteiger partial charge in [-0.2, -0.15) is 0 Å². The summed E-state index contributed by atoms with van der Waals surface area (Å²) in [6.45, 7) is 1.65. The van der Waals surface area contributed by atoms with Gasteiger partial charge in [-0.1, -0.05) is 0 Å². The van der Waals surface area contributed by atoms with Crippen LogP contribution in [0.5, 0.6) is 17.2 Å². The van der Waals surface area contributed by atoms with E-state index in [2.05, 4.69) is 0 Å². The topological polar surface area (TPSA) is 44.8 Å². The Balaban J connectivity index is 2.86. The minimum absolute atomic E-state index is 0.0672. The van der Waals surface area contributed by atoms with Gasteiger partial charge in [0, 0.05) is 18.2 Å². The maximum Gasteiger partial charge on any atom is 0.187 e. The van der Waals surface area contributed by atoms with Crippen LogP contribution in [0, 0.1) is 0 Å². The molecule has 0 aliphatic heterocycles. The molecule has 0 saturated heterocycles. The summed E-state index contributed by atoms with van der Waals surface area (Å²) in [5.74, 6) is 1.47. The van der Waals surface area contributed by atoms with Crippen molar-refractivity contribution in [2.45, 2.75) is 13.0 Å². The number of carbonyl (C=O) groups excluding carboxylic acids is 1. The Bertz CT molecular complexity index is 370. The fraction of sp³-hybridized carbons (Fsp3) is 0.417. The molecule has 94 valence electrons. The largest absolute Gasteiger partial charge is 0.496 e. The number of halogens is 1. The van der Waals surface area contributed by atoms with E-state index < -0.39 is 6.10 Å². The molecule has 0 fully saturated rings. The van der Waals surface area contributed by atoms with E-state index in [0.717, 1.165) is 0 Å². The molecule has 0 spiro atoms. The standard InChI is InChI=1S/C12H15ClO4/c1-8(12(14)7-13)17-11-5-9(15-2)4-10(6-11)16-3/h4-6,8H,7H2,1-3H3. The summed E-state index contributed by atoms with van der Waals surface area (Å²) in [7, 11) is 3.10. The van der Waals surface area contributed by atoms with Gasteiger partial charge in [0.15, 0.2) is 11.9 Å². The van der Waals surface area contributed by atoms with Crippen molar-refractivity contribution in [3.63, 3.8) is 0 Å². The number of alkyl halides is 1. The van der Waals surface area contributed by atoms with Crippen LogP contribution in [0.2, 0.25) is 0 Å². The summed E-state index contributed by atoms with van der Waals surface area (Å²) in [5.41, 5.74) is 0. The number of hydrogen-bond acceptors (Lipinski definition) is 4. The molecule has 0 bridgehead atoms. The molecule has 0 saturated carbocycles. The average molecular weight is 259 g/mol. The highest BCUT2D eigenvalue weighted by Crippen LogP contribution is 2.28. The van der Waals surface area contributed by atoms with Gasteiger partial charge in [0.25, 0.3) is 0 Å².